The number of imidazole rings is 1. The molecule has 3 aromatic rings. The Morgan fingerprint density at radius 2 is 1.74 bits per heavy atom. The predicted octanol–water partition coefficient (Wildman–Crippen LogP) is 4.90. The van der Waals surface area contributed by atoms with Crippen molar-refractivity contribution in [3.8, 4) is 5.75 Å². The highest BCUT2D eigenvalue weighted by molar-refractivity contribution is 5.51. The summed E-state index contributed by atoms with van der Waals surface area (Å²) in [7, 11) is 1.70. The lowest BCUT2D eigenvalue weighted by atomic mass is 10.2. The van der Waals surface area contributed by atoms with Crippen LogP contribution in [0.3, 0.4) is 0 Å². The topological polar surface area (TPSA) is 33.5 Å². The molecule has 2 heterocycles. The summed E-state index contributed by atoms with van der Waals surface area (Å²) in [6.45, 7) is 11.8. The third kappa shape index (κ3) is 5.82. The summed E-state index contributed by atoms with van der Waals surface area (Å²) in [5.74, 6) is 1.67. The number of halogens is 1. The van der Waals surface area contributed by atoms with Gasteiger partial charge in [-0.05, 0) is 36.8 Å². The van der Waals surface area contributed by atoms with E-state index in [1.807, 2.05) is 43.3 Å². The first-order valence-corrected chi connectivity index (χ1v) is 11.7. The zero-order chi connectivity index (χ0) is 23.9. The van der Waals surface area contributed by atoms with Crippen molar-refractivity contribution in [1.82, 2.24) is 19.4 Å². The molecular weight excluding hydrogens is 427 g/mol. The van der Waals surface area contributed by atoms with Gasteiger partial charge in [0.15, 0.2) is 0 Å². The van der Waals surface area contributed by atoms with Gasteiger partial charge in [0.2, 0.25) is 0 Å². The lowest BCUT2D eigenvalue weighted by Crippen LogP contribution is -2.45. The monoisotopic (exact) mass is 460 g/mol. The summed E-state index contributed by atoms with van der Waals surface area (Å²) >= 11 is 0. The zero-order valence-corrected chi connectivity index (χ0v) is 20.1. The number of piperazine rings is 1. The van der Waals surface area contributed by atoms with E-state index in [1.165, 1.54) is 11.6 Å². The molecule has 0 saturated carbocycles. The second-order valence-corrected chi connectivity index (χ2v) is 8.67. The standard InChI is InChI=1S/C28H33FN4O/c1-4-5-13-27-22(2)30-28(33(27)20-24-10-6-7-12-26(24)29)21-32-16-14-31(15-17-32)19-23-9-8-11-25(18-23)34-3/h4-13,18H,1,14-17,19-21H2,2-3H3/b13-5-. The van der Waals surface area contributed by atoms with Crippen LogP contribution in [0.1, 0.15) is 28.3 Å². The van der Waals surface area contributed by atoms with Gasteiger partial charge < -0.3 is 9.30 Å². The molecule has 1 aliphatic heterocycles. The Bertz CT molecular complexity index is 1150. The van der Waals surface area contributed by atoms with E-state index in [9.17, 15) is 4.39 Å². The third-order valence-electron chi connectivity index (χ3n) is 6.32. The molecule has 1 saturated heterocycles. The van der Waals surface area contributed by atoms with Crippen LogP contribution in [0.25, 0.3) is 6.08 Å². The highest BCUT2D eigenvalue weighted by Crippen LogP contribution is 2.20. The summed E-state index contributed by atoms with van der Waals surface area (Å²) in [6, 6.07) is 15.2. The van der Waals surface area contributed by atoms with Crippen LogP contribution in [0, 0.1) is 12.7 Å². The maximum Gasteiger partial charge on any atom is 0.128 e. The van der Waals surface area contributed by atoms with E-state index >= 15 is 0 Å². The fourth-order valence-electron chi connectivity index (χ4n) is 4.44. The van der Waals surface area contributed by atoms with Crippen LogP contribution in [0.2, 0.25) is 0 Å². The fraction of sp³-hybridized carbons (Fsp3) is 0.321. The fourth-order valence-corrected chi connectivity index (χ4v) is 4.44. The van der Waals surface area contributed by atoms with Crippen molar-refractivity contribution in [3.05, 3.63) is 101 Å². The molecule has 0 unspecified atom stereocenters. The lowest BCUT2D eigenvalue weighted by Gasteiger charge is -2.34. The summed E-state index contributed by atoms with van der Waals surface area (Å²) < 4.78 is 21.9. The van der Waals surface area contributed by atoms with Crippen molar-refractivity contribution in [3.63, 3.8) is 0 Å². The van der Waals surface area contributed by atoms with Gasteiger partial charge in [-0.25, -0.2) is 9.37 Å². The van der Waals surface area contributed by atoms with Gasteiger partial charge in [-0.3, -0.25) is 9.80 Å². The molecule has 1 aliphatic rings. The lowest BCUT2D eigenvalue weighted by molar-refractivity contribution is 0.119. The van der Waals surface area contributed by atoms with Crippen molar-refractivity contribution < 1.29 is 9.13 Å². The third-order valence-corrected chi connectivity index (χ3v) is 6.32. The molecule has 1 fully saturated rings. The minimum atomic E-state index is -0.190. The van der Waals surface area contributed by atoms with Gasteiger partial charge in [0.05, 0.1) is 31.6 Å². The molecule has 5 nitrogen and oxygen atoms in total. The van der Waals surface area contributed by atoms with E-state index in [2.05, 4.69) is 33.1 Å². The molecule has 0 spiro atoms. The van der Waals surface area contributed by atoms with Gasteiger partial charge in [-0.15, -0.1) is 0 Å². The normalized spacial score (nSPS) is 15.1. The number of aryl methyl sites for hydroxylation is 1. The van der Waals surface area contributed by atoms with Crippen molar-refractivity contribution in [1.29, 1.82) is 0 Å². The van der Waals surface area contributed by atoms with Crippen LogP contribution >= 0.6 is 0 Å². The van der Waals surface area contributed by atoms with Crippen molar-refractivity contribution in [2.45, 2.75) is 26.6 Å². The molecule has 0 aliphatic carbocycles. The minimum absolute atomic E-state index is 0.190. The molecule has 1 aromatic heterocycles. The Kier molecular flexibility index (Phi) is 7.93. The molecule has 2 aromatic carbocycles. The van der Waals surface area contributed by atoms with Crippen LogP contribution in [0.15, 0.2) is 67.3 Å². The molecule has 6 heteroatoms. The number of ether oxygens (including phenoxy) is 1. The summed E-state index contributed by atoms with van der Waals surface area (Å²) in [5.41, 5.74) is 3.87. The molecule has 4 rings (SSSR count). The average Bonchev–Trinajstić information content (AvgIpc) is 3.14. The molecule has 178 valence electrons. The number of methoxy groups -OCH3 is 1. The molecule has 0 bridgehead atoms. The van der Waals surface area contributed by atoms with Crippen molar-refractivity contribution >= 4 is 6.08 Å². The van der Waals surface area contributed by atoms with Gasteiger partial charge in [0.1, 0.15) is 17.4 Å². The summed E-state index contributed by atoms with van der Waals surface area (Å²) in [4.78, 5) is 9.78. The number of rotatable bonds is 9. The predicted molar refractivity (Wildman–Crippen MR) is 135 cm³/mol. The Morgan fingerprint density at radius 3 is 2.44 bits per heavy atom. The highest BCUT2D eigenvalue weighted by Gasteiger charge is 2.21. The Hall–Kier alpha value is -3.22. The van der Waals surface area contributed by atoms with E-state index in [1.54, 1.807) is 19.3 Å². The van der Waals surface area contributed by atoms with Crippen LogP contribution in [0.5, 0.6) is 5.75 Å². The molecular formula is C28H33FN4O. The number of nitrogens with zero attached hydrogens (tertiary/aromatic N) is 4. The molecule has 34 heavy (non-hydrogen) atoms. The van der Waals surface area contributed by atoms with Gasteiger partial charge in [0, 0.05) is 38.3 Å². The molecule has 0 N–H and O–H groups in total. The van der Waals surface area contributed by atoms with Crippen LogP contribution in [-0.2, 0) is 19.6 Å². The average molecular weight is 461 g/mol. The first kappa shape index (κ1) is 23.9. The van der Waals surface area contributed by atoms with Crippen LogP contribution in [0.4, 0.5) is 4.39 Å². The van der Waals surface area contributed by atoms with Gasteiger partial charge >= 0.3 is 0 Å². The highest BCUT2D eigenvalue weighted by atomic mass is 19.1. The summed E-state index contributed by atoms with van der Waals surface area (Å²) in [6.07, 6.45) is 5.66. The Balaban J connectivity index is 1.45. The summed E-state index contributed by atoms with van der Waals surface area (Å²) in [5, 5.41) is 0. The first-order valence-electron chi connectivity index (χ1n) is 11.7. The van der Waals surface area contributed by atoms with Crippen molar-refractivity contribution in [2.24, 2.45) is 0 Å². The van der Waals surface area contributed by atoms with Gasteiger partial charge in [0.25, 0.3) is 0 Å². The maximum atomic E-state index is 14.4. The van der Waals surface area contributed by atoms with E-state index in [-0.39, 0.29) is 5.82 Å². The van der Waals surface area contributed by atoms with Crippen LogP contribution in [-0.4, -0.2) is 52.6 Å². The molecule has 0 atom stereocenters. The number of benzene rings is 2. The number of allylic oxidation sites excluding steroid dienone is 2. The quantitative estimate of drug-likeness (QED) is 0.425. The largest absolute Gasteiger partial charge is 0.497 e. The zero-order valence-electron chi connectivity index (χ0n) is 20.1. The first-order chi connectivity index (χ1) is 16.6. The van der Waals surface area contributed by atoms with Gasteiger partial charge in [-0.1, -0.05) is 49.1 Å². The Labute approximate surface area is 201 Å². The van der Waals surface area contributed by atoms with Crippen molar-refractivity contribution in [2.75, 3.05) is 33.3 Å². The second-order valence-electron chi connectivity index (χ2n) is 8.67. The van der Waals surface area contributed by atoms with Crippen LogP contribution < -0.4 is 4.74 Å². The van der Waals surface area contributed by atoms with E-state index in [0.29, 0.717) is 12.1 Å². The number of hydrogen-bond donors (Lipinski definition) is 0. The SMILES string of the molecule is C=C/C=C\c1c(C)nc(CN2CCN(Cc3cccc(OC)c3)CC2)n1Cc1ccccc1F. The minimum Gasteiger partial charge on any atom is -0.497 e. The second kappa shape index (κ2) is 11.3. The Morgan fingerprint density at radius 1 is 1.00 bits per heavy atom. The van der Waals surface area contributed by atoms with E-state index < -0.39 is 0 Å². The number of aromatic nitrogens is 2. The van der Waals surface area contributed by atoms with E-state index in [4.69, 9.17) is 9.72 Å². The molecule has 0 amide bonds. The smallest absolute Gasteiger partial charge is 0.128 e. The maximum absolute atomic E-state index is 14.4. The molecule has 0 radical (unpaired) electrons. The van der Waals surface area contributed by atoms with Gasteiger partial charge in [-0.2, -0.15) is 0 Å². The number of hydrogen-bond acceptors (Lipinski definition) is 4. The van der Waals surface area contributed by atoms with E-state index in [0.717, 1.165) is 62.2 Å².